The van der Waals surface area contributed by atoms with Gasteiger partial charge in [-0.05, 0) is 61.0 Å². The summed E-state index contributed by atoms with van der Waals surface area (Å²) in [5.41, 5.74) is 4.34. The number of hydrogen-bond acceptors (Lipinski definition) is 6. The van der Waals surface area contributed by atoms with Crippen molar-refractivity contribution in [1.82, 2.24) is 5.43 Å². The van der Waals surface area contributed by atoms with E-state index in [1.165, 1.54) is 31.5 Å². The Kier molecular flexibility index (Phi) is 8.29. The number of aryl methyl sites for hydroxylation is 1. The van der Waals surface area contributed by atoms with E-state index in [0.29, 0.717) is 22.1 Å². The number of methoxy groups -OCH3 is 1. The summed E-state index contributed by atoms with van der Waals surface area (Å²) in [6.07, 6.45) is 1.43. The van der Waals surface area contributed by atoms with Gasteiger partial charge in [-0.15, -0.1) is 0 Å². The van der Waals surface area contributed by atoms with Gasteiger partial charge < -0.3 is 14.2 Å². The van der Waals surface area contributed by atoms with Gasteiger partial charge in [-0.25, -0.2) is 10.2 Å². The van der Waals surface area contributed by atoms with E-state index in [0.717, 1.165) is 5.56 Å². The van der Waals surface area contributed by atoms with E-state index < -0.39 is 11.9 Å². The summed E-state index contributed by atoms with van der Waals surface area (Å²) < 4.78 is 16.1. The predicted molar refractivity (Wildman–Crippen MR) is 127 cm³/mol. The number of rotatable bonds is 8. The third-order valence-corrected chi connectivity index (χ3v) is 5.08. The fourth-order valence-electron chi connectivity index (χ4n) is 2.63. The number of halogens is 2. The van der Waals surface area contributed by atoms with E-state index >= 15 is 0 Å². The number of amides is 1. The van der Waals surface area contributed by atoms with Crippen molar-refractivity contribution in [2.75, 3.05) is 13.7 Å². The molecule has 0 aromatic heterocycles. The molecule has 9 heteroatoms. The number of hydrogen-bond donors (Lipinski definition) is 1. The molecular weight excluding hydrogens is 467 g/mol. The molecular formula is C24H20Cl2N2O5. The van der Waals surface area contributed by atoms with Crippen LogP contribution in [0.25, 0.3) is 0 Å². The fourth-order valence-corrected chi connectivity index (χ4v) is 2.92. The zero-order chi connectivity index (χ0) is 23.8. The summed E-state index contributed by atoms with van der Waals surface area (Å²) in [6, 6.07) is 16.6. The van der Waals surface area contributed by atoms with Crippen LogP contribution in [0, 0.1) is 6.92 Å². The van der Waals surface area contributed by atoms with E-state index in [1.807, 2.05) is 19.1 Å². The van der Waals surface area contributed by atoms with Crippen LogP contribution in [0.5, 0.6) is 17.2 Å². The number of benzene rings is 3. The van der Waals surface area contributed by atoms with Gasteiger partial charge in [0, 0.05) is 0 Å². The molecule has 0 heterocycles. The summed E-state index contributed by atoms with van der Waals surface area (Å²) >= 11 is 11.8. The van der Waals surface area contributed by atoms with Crippen LogP contribution >= 0.6 is 23.2 Å². The molecule has 0 bridgehead atoms. The SMILES string of the molecule is COc1cc(C=NNC(=O)COc2ccc(C)cc2)ccc1OC(=O)c1ccc(Cl)c(Cl)c1. The first-order valence-corrected chi connectivity index (χ1v) is 10.5. The van der Waals surface area contributed by atoms with Gasteiger partial charge in [-0.1, -0.05) is 40.9 Å². The van der Waals surface area contributed by atoms with E-state index in [9.17, 15) is 9.59 Å². The summed E-state index contributed by atoms with van der Waals surface area (Å²) in [4.78, 5) is 24.3. The zero-order valence-corrected chi connectivity index (χ0v) is 19.3. The first kappa shape index (κ1) is 24.1. The van der Waals surface area contributed by atoms with E-state index in [2.05, 4.69) is 10.5 Å². The van der Waals surface area contributed by atoms with Gasteiger partial charge in [-0.2, -0.15) is 5.10 Å². The Bertz CT molecular complexity index is 1180. The minimum absolute atomic E-state index is 0.173. The molecule has 0 saturated carbocycles. The largest absolute Gasteiger partial charge is 0.493 e. The Morgan fingerprint density at radius 1 is 0.970 bits per heavy atom. The lowest BCUT2D eigenvalue weighted by Crippen LogP contribution is -2.24. The van der Waals surface area contributed by atoms with Crippen LogP contribution in [0.3, 0.4) is 0 Å². The van der Waals surface area contributed by atoms with E-state index in [1.54, 1.807) is 30.3 Å². The van der Waals surface area contributed by atoms with Crippen molar-refractivity contribution < 1.29 is 23.8 Å². The number of ether oxygens (including phenoxy) is 3. The molecule has 0 aliphatic heterocycles. The summed E-state index contributed by atoms with van der Waals surface area (Å²) in [7, 11) is 1.44. The maximum Gasteiger partial charge on any atom is 0.343 e. The minimum atomic E-state index is -0.617. The van der Waals surface area contributed by atoms with Crippen molar-refractivity contribution in [2.24, 2.45) is 5.10 Å². The molecule has 0 fully saturated rings. The second-order valence-electron chi connectivity index (χ2n) is 6.82. The van der Waals surface area contributed by atoms with Gasteiger partial charge in [-0.3, -0.25) is 4.79 Å². The highest BCUT2D eigenvalue weighted by molar-refractivity contribution is 6.42. The number of carbonyl (C=O) groups is 2. The lowest BCUT2D eigenvalue weighted by Gasteiger charge is -2.10. The monoisotopic (exact) mass is 486 g/mol. The first-order chi connectivity index (χ1) is 15.9. The molecule has 0 aliphatic carbocycles. The zero-order valence-electron chi connectivity index (χ0n) is 17.8. The second kappa shape index (κ2) is 11.4. The Labute approximate surface area is 200 Å². The van der Waals surface area contributed by atoms with E-state index in [4.69, 9.17) is 37.4 Å². The predicted octanol–water partition coefficient (Wildman–Crippen LogP) is 5.06. The normalized spacial score (nSPS) is 10.7. The lowest BCUT2D eigenvalue weighted by molar-refractivity contribution is -0.123. The summed E-state index contributed by atoms with van der Waals surface area (Å²) in [5.74, 6) is 0.0817. The Morgan fingerprint density at radius 2 is 1.73 bits per heavy atom. The summed E-state index contributed by atoms with van der Waals surface area (Å²) in [5, 5.41) is 4.49. The molecule has 0 aliphatic rings. The fraction of sp³-hybridized carbons (Fsp3) is 0.125. The second-order valence-corrected chi connectivity index (χ2v) is 7.64. The van der Waals surface area contributed by atoms with Gasteiger partial charge in [0.1, 0.15) is 5.75 Å². The quantitative estimate of drug-likeness (QED) is 0.208. The van der Waals surface area contributed by atoms with Gasteiger partial charge in [0.15, 0.2) is 18.1 Å². The van der Waals surface area contributed by atoms with Gasteiger partial charge >= 0.3 is 5.97 Å². The van der Waals surface area contributed by atoms with Crippen LogP contribution in [0.2, 0.25) is 10.0 Å². The highest BCUT2D eigenvalue weighted by atomic mass is 35.5. The van der Waals surface area contributed by atoms with Crippen molar-refractivity contribution >= 4 is 41.3 Å². The summed E-state index contributed by atoms with van der Waals surface area (Å²) in [6.45, 7) is 1.79. The Hall–Kier alpha value is -3.55. The van der Waals surface area contributed by atoms with Crippen LogP contribution < -0.4 is 19.6 Å². The third-order valence-electron chi connectivity index (χ3n) is 4.34. The number of carbonyl (C=O) groups excluding carboxylic acids is 2. The van der Waals surface area contributed by atoms with Gasteiger partial charge in [0.05, 0.1) is 28.9 Å². The molecule has 0 saturated heterocycles. The Balaban J connectivity index is 1.57. The molecule has 0 spiro atoms. The Morgan fingerprint density at radius 3 is 2.42 bits per heavy atom. The highest BCUT2D eigenvalue weighted by Crippen LogP contribution is 2.29. The van der Waals surface area contributed by atoms with Crippen LogP contribution in [0.15, 0.2) is 65.8 Å². The number of esters is 1. The van der Waals surface area contributed by atoms with Crippen LogP contribution in [-0.2, 0) is 4.79 Å². The standard InChI is InChI=1S/C24H20Cl2N2O5/c1-15-3-7-18(8-4-15)32-14-23(29)28-27-13-16-5-10-21(22(11-16)31-2)33-24(30)17-6-9-19(25)20(26)12-17/h3-13H,14H2,1-2H3,(H,28,29). The molecule has 33 heavy (non-hydrogen) atoms. The van der Waals surface area contributed by atoms with Crippen molar-refractivity contribution in [1.29, 1.82) is 0 Å². The van der Waals surface area contributed by atoms with Gasteiger partial charge in [0.25, 0.3) is 5.91 Å². The van der Waals surface area contributed by atoms with Crippen molar-refractivity contribution in [3.63, 3.8) is 0 Å². The molecule has 0 atom stereocenters. The highest BCUT2D eigenvalue weighted by Gasteiger charge is 2.14. The average molecular weight is 487 g/mol. The van der Waals surface area contributed by atoms with Gasteiger partial charge in [0.2, 0.25) is 0 Å². The lowest BCUT2D eigenvalue weighted by atomic mass is 10.2. The molecule has 3 aromatic rings. The smallest absolute Gasteiger partial charge is 0.343 e. The molecule has 3 rings (SSSR count). The number of nitrogens with zero attached hydrogens (tertiary/aromatic N) is 1. The first-order valence-electron chi connectivity index (χ1n) is 9.72. The topological polar surface area (TPSA) is 86.2 Å². The third kappa shape index (κ3) is 6.97. The molecule has 3 aromatic carbocycles. The molecule has 0 unspecified atom stereocenters. The van der Waals surface area contributed by atoms with Crippen LogP contribution in [0.4, 0.5) is 0 Å². The number of nitrogens with one attached hydrogen (secondary N) is 1. The van der Waals surface area contributed by atoms with Crippen LogP contribution in [-0.4, -0.2) is 31.8 Å². The van der Waals surface area contributed by atoms with E-state index in [-0.39, 0.29) is 22.9 Å². The molecule has 1 amide bonds. The van der Waals surface area contributed by atoms with Crippen LogP contribution in [0.1, 0.15) is 21.5 Å². The molecule has 7 nitrogen and oxygen atoms in total. The molecule has 0 radical (unpaired) electrons. The maximum atomic E-state index is 12.4. The van der Waals surface area contributed by atoms with Crippen molar-refractivity contribution in [3.05, 3.63) is 87.4 Å². The minimum Gasteiger partial charge on any atom is -0.493 e. The van der Waals surface area contributed by atoms with Crippen molar-refractivity contribution in [3.8, 4) is 17.2 Å². The maximum absolute atomic E-state index is 12.4. The van der Waals surface area contributed by atoms with Crippen molar-refractivity contribution in [2.45, 2.75) is 6.92 Å². The number of hydrazone groups is 1. The average Bonchev–Trinajstić information content (AvgIpc) is 2.81. The molecule has 1 N–H and O–H groups in total. The molecule has 170 valence electrons.